The van der Waals surface area contributed by atoms with Crippen LogP contribution in [0.1, 0.15) is 10.4 Å². The first-order valence-electron chi connectivity index (χ1n) is 4.99. The Morgan fingerprint density at radius 1 is 1.27 bits per heavy atom. The third-order valence-corrected chi connectivity index (χ3v) is 2.81. The molecule has 3 rings (SSSR count). The monoisotopic (exact) mass is 205 g/mol. The van der Waals surface area contributed by atoms with Crippen LogP contribution in [0.15, 0.2) is 18.2 Å². The van der Waals surface area contributed by atoms with Crippen molar-refractivity contribution in [3.63, 3.8) is 0 Å². The highest BCUT2D eigenvalue weighted by molar-refractivity contribution is 5.99. The van der Waals surface area contributed by atoms with Gasteiger partial charge < -0.3 is 14.8 Å². The average molecular weight is 205 g/mol. The lowest BCUT2D eigenvalue weighted by molar-refractivity contribution is 0.0877. The van der Waals surface area contributed by atoms with Gasteiger partial charge in [0.25, 0.3) is 0 Å². The Morgan fingerprint density at radius 3 is 2.80 bits per heavy atom. The molecule has 0 amide bonds. The van der Waals surface area contributed by atoms with Gasteiger partial charge in [-0.25, -0.2) is 0 Å². The number of ketones is 1. The van der Waals surface area contributed by atoms with Gasteiger partial charge in [0.2, 0.25) is 6.79 Å². The van der Waals surface area contributed by atoms with Crippen molar-refractivity contribution in [2.45, 2.75) is 0 Å². The molecule has 1 fully saturated rings. The van der Waals surface area contributed by atoms with Crippen molar-refractivity contribution >= 4 is 5.78 Å². The first-order chi connectivity index (χ1) is 7.34. The Balaban J connectivity index is 1.88. The molecule has 2 aliphatic rings. The lowest BCUT2D eigenvalue weighted by Crippen LogP contribution is -2.46. The lowest BCUT2D eigenvalue weighted by Gasteiger charge is -2.25. The fourth-order valence-corrected chi connectivity index (χ4v) is 1.76. The van der Waals surface area contributed by atoms with E-state index in [1.807, 2.05) is 0 Å². The van der Waals surface area contributed by atoms with E-state index in [0.717, 1.165) is 18.8 Å². The van der Waals surface area contributed by atoms with Crippen LogP contribution in [0.3, 0.4) is 0 Å². The van der Waals surface area contributed by atoms with Gasteiger partial charge in [0.1, 0.15) is 0 Å². The quantitative estimate of drug-likeness (QED) is 0.726. The minimum Gasteiger partial charge on any atom is -0.454 e. The summed E-state index contributed by atoms with van der Waals surface area (Å²) in [5, 5.41) is 3.09. The highest BCUT2D eigenvalue weighted by Gasteiger charge is 2.27. The second-order valence-corrected chi connectivity index (χ2v) is 3.79. The van der Waals surface area contributed by atoms with Gasteiger partial charge in [0.15, 0.2) is 17.3 Å². The van der Waals surface area contributed by atoms with Crippen LogP contribution in [0.2, 0.25) is 0 Å². The third-order valence-electron chi connectivity index (χ3n) is 2.81. The Morgan fingerprint density at radius 2 is 2.07 bits per heavy atom. The fourth-order valence-electron chi connectivity index (χ4n) is 1.76. The highest BCUT2D eigenvalue weighted by atomic mass is 16.7. The van der Waals surface area contributed by atoms with Crippen LogP contribution >= 0.6 is 0 Å². The maximum Gasteiger partial charge on any atom is 0.231 e. The summed E-state index contributed by atoms with van der Waals surface area (Å²) < 4.78 is 10.4. The summed E-state index contributed by atoms with van der Waals surface area (Å²) in [6, 6.07) is 5.36. The van der Waals surface area contributed by atoms with Crippen LogP contribution in [0, 0.1) is 5.92 Å². The molecule has 2 aliphatic heterocycles. The third kappa shape index (κ3) is 1.37. The Hall–Kier alpha value is -1.55. The van der Waals surface area contributed by atoms with Crippen molar-refractivity contribution in [1.29, 1.82) is 0 Å². The molecule has 1 aromatic rings. The minimum atomic E-state index is 0.130. The van der Waals surface area contributed by atoms with Gasteiger partial charge in [-0.2, -0.15) is 0 Å². The molecular weight excluding hydrogens is 194 g/mol. The number of carbonyl (C=O) groups is 1. The molecule has 0 saturated carbocycles. The molecule has 0 spiro atoms. The van der Waals surface area contributed by atoms with Gasteiger partial charge in [0, 0.05) is 24.6 Å². The van der Waals surface area contributed by atoms with Gasteiger partial charge in [0.05, 0.1) is 0 Å². The second-order valence-electron chi connectivity index (χ2n) is 3.79. The molecule has 0 aliphatic carbocycles. The molecule has 0 atom stereocenters. The predicted octanol–water partition coefficient (Wildman–Crippen LogP) is 0.817. The van der Waals surface area contributed by atoms with Crippen LogP contribution in [-0.2, 0) is 0 Å². The summed E-state index contributed by atoms with van der Waals surface area (Å²) in [5.74, 6) is 1.71. The van der Waals surface area contributed by atoms with Gasteiger partial charge in [-0.3, -0.25) is 4.79 Å². The number of hydrogen-bond donors (Lipinski definition) is 1. The number of carbonyl (C=O) groups excluding carboxylic acids is 1. The SMILES string of the molecule is O=C(c1ccc2c(c1)OCO2)C1CNC1. The molecule has 4 nitrogen and oxygen atoms in total. The first kappa shape index (κ1) is 8.73. The van der Waals surface area contributed by atoms with E-state index in [4.69, 9.17) is 9.47 Å². The van der Waals surface area contributed by atoms with Crippen LogP contribution in [-0.4, -0.2) is 25.7 Å². The molecular formula is C11H11NO3. The van der Waals surface area contributed by atoms with Crippen molar-refractivity contribution in [3.05, 3.63) is 23.8 Å². The summed E-state index contributed by atoms with van der Waals surface area (Å²) >= 11 is 0. The largest absolute Gasteiger partial charge is 0.454 e. The number of fused-ring (bicyclic) bond motifs is 1. The van der Waals surface area contributed by atoms with E-state index in [9.17, 15) is 4.79 Å². The summed E-state index contributed by atoms with van der Waals surface area (Å²) in [4.78, 5) is 11.9. The number of nitrogens with one attached hydrogen (secondary N) is 1. The molecule has 15 heavy (non-hydrogen) atoms. The Labute approximate surface area is 87.2 Å². The average Bonchev–Trinajstić information content (AvgIpc) is 2.61. The number of ether oxygens (including phenoxy) is 2. The molecule has 78 valence electrons. The van der Waals surface area contributed by atoms with Crippen LogP contribution < -0.4 is 14.8 Å². The first-order valence-corrected chi connectivity index (χ1v) is 4.99. The van der Waals surface area contributed by atoms with E-state index < -0.39 is 0 Å². The van der Waals surface area contributed by atoms with Crippen molar-refractivity contribution in [2.75, 3.05) is 19.9 Å². The summed E-state index contributed by atoms with van der Waals surface area (Å²) in [5.41, 5.74) is 0.714. The standard InChI is InChI=1S/C11H11NO3/c13-11(8-4-12-5-8)7-1-2-9-10(3-7)15-6-14-9/h1-3,8,12H,4-6H2. The Kier molecular flexibility index (Phi) is 1.89. The normalized spacial score (nSPS) is 18.7. The molecule has 1 saturated heterocycles. The van der Waals surface area contributed by atoms with E-state index in [0.29, 0.717) is 11.3 Å². The van der Waals surface area contributed by atoms with Crippen molar-refractivity contribution in [1.82, 2.24) is 5.32 Å². The van der Waals surface area contributed by atoms with Gasteiger partial charge in [-0.15, -0.1) is 0 Å². The molecule has 1 aromatic carbocycles. The topological polar surface area (TPSA) is 47.6 Å². The number of rotatable bonds is 2. The molecule has 2 heterocycles. The zero-order chi connectivity index (χ0) is 10.3. The van der Waals surface area contributed by atoms with Gasteiger partial charge in [-0.1, -0.05) is 0 Å². The van der Waals surface area contributed by atoms with E-state index in [-0.39, 0.29) is 18.5 Å². The second kappa shape index (κ2) is 3.24. The maximum atomic E-state index is 11.9. The molecule has 0 bridgehead atoms. The zero-order valence-electron chi connectivity index (χ0n) is 8.16. The van der Waals surface area contributed by atoms with Crippen LogP contribution in [0.25, 0.3) is 0 Å². The fraction of sp³-hybridized carbons (Fsp3) is 0.364. The summed E-state index contributed by atoms with van der Waals surface area (Å²) in [7, 11) is 0. The molecule has 0 unspecified atom stereocenters. The van der Waals surface area contributed by atoms with Crippen molar-refractivity contribution < 1.29 is 14.3 Å². The van der Waals surface area contributed by atoms with Gasteiger partial charge >= 0.3 is 0 Å². The van der Waals surface area contributed by atoms with Crippen LogP contribution in [0.4, 0.5) is 0 Å². The van der Waals surface area contributed by atoms with E-state index in [1.54, 1.807) is 18.2 Å². The Bertz CT molecular complexity index is 412. The number of hydrogen-bond acceptors (Lipinski definition) is 4. The number of benzene rings is 1. The predicted molar refractivity (Wildman–Crippen MR) is 53.3 cm³/mol. The molecule has 1 N–H and O–H groups in total. The van der Waals surface area contributed by atoms with Crippen LogP contribution in [0.5, 0.6) is 11.5 Å². The molecule has 0 aromatic heterocycles. The van der Waals surface area contributed by atoms with Gasteiger partial charge in [-0.05, 0) is 18.2 Å². The van der Waals surface area contributed by atoms with E-state index in [2.05, 4.69) is 5.32 Å². The number of Topliss-reactive ketones (excluding diaryl/α,β-unsaturated/α-hetero) is 1. The molecule has 4 heteroatoms. The lowest BCUT2D eigenvalue weighted by atomic mass is 9.93. The smallest absolute Gasteiger partial charge is 0.231 e. The summed E-state index contributed by atoms with van der Waals surface area (Å²) in [6.07, 6.45) is 0. The van der Waals surface area contributed by atoms with E-state index >= 15 is 0 Å². The summed E-state index contributed by atoms with van der Waals surface area (Å²) in [6.45, 7) is 1.82. The van der Waals surface area contributed by atoms with Crippen molar-refractivity contribution in [3.8, 4) is 11.5 Å². The van der Waals surface area contributed by atoms with Crippen molar-refractivity contribution in [2.24, 2.45) is 5.92 Å². The van der Waals surface area contributed by atoms with E-state index in [1.165, 1.54) is 0 Å². The highest BCUT2D eigenvalue weighted by Crippen LogP contribution is 2.33. The zero-order valence-corrected chi connectivity index (χ0v) is 8.16. The molecule has 0 radical (unpaired) electrons. The maximum absolute atomic E-state index is 11.9. The minimum absolute atomic E-state index is 0.130.